The van der Waals surface area contributed by atoms with Crippen molar-refractivity contribution in [2.75, 3.05) is 0 Å². The number of hydrogen-bond donors (Lipinski definition) is 0. The molecule has 0 unspecified atom stereocenters. The van der Waals surface area contributed by atoms with Crippen LogP contribution in [0.15, 0.2) is 91.0 Å². The molecule has 0 aliphatic heterocycles. The van der Waals surface area contributed by atoms with Crippen LogP contribution in [0.25, 0.3) is 44.1 Å². The second-order valence-electron chi connectivity index (χ2n) is 7.55. The monoisotopic (exact) mass is 357 g/mol. The molecular weight excluding hydrogens is 338 g/mol. The van der Waals surface area contributed by atoms with Gasteiger partial charge in [0.05, 0.1) is 11.2 Å². The van der Waals surface area contributed by atoms with Crippen LogP contribution >= 0.6 is 0 Å². The molecule has 1 aliphatic carbocycles. The van der Waals surface area contributed by atoms with Crippen LogP contribution in [0.3, 0.4) is 0 Å². The molecule has 6 rings (SSSR count). The molecule has 0 saturated carbocycles. The highest BCUT2D eigenvalue weighted by Crippen LogP contribution is 2.38. The number of pyridine rings is 1. The van der Waals surface area contributed by atoms with Gasteiger partial charge in [-0.3, -0.25) is 0 Å². The summed E-state index contributed by atoms with van der Waals surface area (Å²) in [5.41, 5.74) is 8.73. The van der Waals surface area contributed by atoms with Gasteiger partial charge in [0, 0.05) is 10.9 Å². The highest BCUT2D eigenvalue weighted by molar-refractivity contribution is 6.03. The zero-order valence-electron chi connectivity index (χ0n) is 15.5. The zero-order valence-corrected chi connectivity index (χ0v) is 15.5. The second kappa shape index (κ2) is 6.03. The summed E-state index contributed by atoms with van der Waals surface area (Å²) in [4.78, 5) is 5.06. The molecule has 0 N–H and O–H groups in total. The predicted molar refractivity (Wildman–Crippen MR) is 118 cm³/mol. The summed E-state index contributed by atoms with van der Waals surface area (Å²) < 4.78 is 0. The Morgan fingerprint density at radius 1 is 0.571 bits per heavy atom. The Labute approximate surface area is 164 Å². The Bertz CT molecular complexity index is 1340. The van der Waals surface area contributed by atoms with Crippen LogP contribution in [0, 0.1) is 0 Å². The van der Waals surface area contributed by atoms with Gasteiger partial charge < -0.3 is 0 Å². The lowest BCUT2D eigenvalue weighted by Crippen LogP contribution is -1.91. The van der Waals surface area contributed by atoms with Crippen LogP contribution in [-0.2, 0) is 12.8 Å². The molecule has 132 valence electrons. The molecule has 0 saturated heterocycles. The quantitative estimate of drug-likeness (QED) is 0.338. The highest BCUT2D eigenvalue weighted by Gasteiger charge is 2.18. The highest BCUT2D eigenvalue weighted by atomic mass is 14.7. The van der Waals surface area contributed by atoms with Crippen LogP contribution in [0.2, 0.25) is 0 Å². The first-order chi connectivity index (χ1) is 13.9. The van der Waals surface area contributed by atoms with E-state index in [1.165, 1.54) is 44.0 Å². The van der Waals surface area contributed by atoms with Gasteiger partial charge in [0.15, 0.2) is 0 Å². The van der Waals surface area contributed by atoms with Gasteiger partial charge in [0.2, 0.25) is 0 Å². The van der Waals surface area contributed by atoms with Crippen molar-refractivity contribution in [3.05, 3.63) is 102 Å². The summed E-state index contributed by atoms with van der Waals surface area (Å²) in [7, 11) is 0. The normalized spacial score (nSPS) is 12.7. The first-order valence-electron chi connectivity index (χ1n) is 9.87. The van der Waals surface area contributed by atoms with Crippen LogP contribution in [0.5, 0.6) is 0 Å². The van der Waals surface area contributed by atoms with E-state index in [1.807, 2.05) is 0 Å². The van der Waals surface area contributed by atoms with Gasteiger partial charge in [-0.15, -0.1) is 0 Å². The molecule has 0 spiro atoms. The predicted octanol–water partition coefficient (Wildman–Crippen LogP) is 6.82. The van der Waals surface area contributed by atoms with Gasteiger partial charge in [0.25, 0.3) is 0 Å². The van der Waals surface area contributed by atoms with Crippen molar-refractivity contribution in [3.63, 3.8) is 0 Å². The first-order valence-corrected chi connectivity index (χ1v) is 9.87. The third kappa shape index (κ3) is 2.30. The van der Waals surface area contributed by atoms with Gasteiger partial charge in [-0.2, -0.15) is 0 Å². The van der Waals surface area contributed by atoms with E-state index in [0.717, 1.165) is 24.1 Å². The van der Waals surface area contributed by atoms with Crippen molar-refractivity contribution < 1.29 is 0 Å². The molecule has 1 heteroatoms. The molecule has 4 aromatic carbocycles. The second-order valence-corrected chi connectivity index (χ2v) is 7.55. The maximum atomic E-state index is 5.06. The van der Waals surface area contributed by atoms with Crippen molar-refractivity contribution in [2.24, 2.45) is 0 Å². The fourth-order valence-corrected chi connectivity index (χ4v) is 4.64. The number of hydrogen-bond acceptors (Lipinski definition) is 1. The summed E-state index contributed by atoms with van der Waals surface area (Å²) in [6.45, 7) is 0. The number of aryl methyl sites for hydroxylation is 2. The maximum Gasteiger partial charge on any atom is 0.0722 e. The largest absolute Gasteiger partial charge is 0.248 e. The minimum absolute atomic E-state index is 1.04. The van der Waals surface area contributed by atoms with E-state index >= 15 is 0 Å². The molecule has 0 atom stereocenters. The van der Waals surface area contributed by atoms with E-state index in [4.69, 9.17) is 4.98 Å². The summed E-state index contributed by atoms with van der Waals surface area (Å²) in [6.07, 6.45) is 2.30. The average Bonchev–Trinajstić information content (AvgIpc) is 3.19. The number of fused-ring (bicyclic) bond motifs is 1. The third-order valence-electron chi connectivity index (χ3n) is 5.95. The molecule has 1 aromatic heterocycles. The third-order valence-corrected chi connectivity index (χ3v) is 5.95. The number of para-hydroxylation sites is 1. The zero-order chi connectivity index (χ0) is 18.5. The Balaban J connectivity index is 1.68. The summed E-state index contributed by atoms with van der Waals surface area (Å²) in [6, 6.07) is 32.6. The molecule has 5 aromatic rings. The smallest absolute Gasteiger partial charge is 0.0722 e. The molecule has 1 nitrogen and oxygen atoms in total. The van der Waals surface area contributed by atoms with Gasteiger partial charge in [-0.05, 0) is 58.0 Å². The van der Waals surface area contributed by atoms with Crippen LogP contribution in [-0.4, -0.2) is 4.98 Å². The maximum absolute atomic E-state index is 5.06. The lowest BCUT2D eigenvalue weighted by atomic mass is 9.94. The van der Waals surface area contributed by atoms with Crippen LogP contribution in [0.1, 0.15) is 11.1 Å². The molecule has 0 radical (unpaired) electrons. The van der Waals surface area contributed by atoms with Gasteiger partial charge in [0.1, 0.15) is 0 Å². The fourth-order valence-electron chi connectivity index (χ4n) is 4.64. The van der Waals surface area contributed by atoms with E-state index in [-0.39, 0.29) is 0 Å². The summed E-state index contributed by atoms with van der Waals surface area (Å²) in [5, 5.41) is 3.97. The van der Waals surface area contributed by atoms with E-state index in [1.54, 1.807) is 0 Å². The molecule has 1 aliphatic rings. The Morgan fingerprint density at radius 3 is 2.21 bits per heavy atom. The Morgan fingerprint density at radius 2 is 1.32 bits per heavy atom. The fraction of sp³-hybridized carbons (Fsp3) is 0.0741. The van der Waals surface area contributed by atoms with Crippen LogP contribution in [0.4, 0.5) is 0 Å². The standard InChI is InChI=1S/C27H19N/c1-2-7-18(8-3-1)24-17-26(28-25-12-5-4-10-21(24)25)22-16-15-20-14-13-19-9-6-11-23(22)27(19)20/h1-12,15-17H,13-14H2. The SMILES string of the molecule is c1ccc(-c2cc(-c3ccc4c5c(cccc35)CC4)nc3ccccc23)cc1. The summed E-state index contributed by atoms with van der Waals surface area (Å²) >= 11 is 0. The average molecular weight is 357 g/mol. The Hall–Kier alpha value is -3.45. The lowest BCUT2D eigenvalue weighted by Gasteiger charge is -2.13. The Kier molecular flexibility index (Phi) is 3.36. The molecule has 1 heterocycles. The van der Waals surface area contributed by atoms with E-state index in [0.29, 0.717) is 0 Å². The minimum atomic E-state index is 1.04. The van der Waals surface area contributed by atoms with Gasteiger partial charge >= 0.3 is 0 Å². The number of benzene rings is 4. The van der Waals surface area contributed by atoms with Gasteiger partial charge in [-0.25, -0.2) is 4.98 Å². The first kappa shape index (κ1) is 15.6. The van der Waals surface area contributed by atoms with E-state index in [9.17, 15) is 0 Å². The molecule has 0 fully saturated rings. The molecule has 0 bridgehead atoms. The van der Waals surface area contributed by atoms with Crippen molar-refractivity contribution in [1.82, 2.24) is 4.98 Å². The lowest BCUT2D eigenvalue weighted by molar-refractivity contribution is 1.02. The number of rotatable bonds is 2. The van der Waals surface area contributed by atoms with Crippen molar-refractivity contribution >= 4 is 21.7 Å². The van der Waals surface area contributed by atoms with E-state index in [2.05, 4.69) is 91.0 Å². The van der Waals surface area contributed by atoms with Crippen molar-refractivity contribution in [2.45, 2.75) is 12.8 Å². The topological polar surface area (TPSA) is 12.9 Å². The van der Waals surface area contributed by atoms with E-state index < -0.39 is 0 Å². The van der Waals surface area contributed by atoms with Crippen molar-refractivity contribution in [3.8, 4) is 22.4 Å². The minimum Gasteiger partial charge on any atom is -0.248 e. The number of nitrogens with zero attached hydrogens (tertiary/aromatic N) is 1. The number of aromatic nitrogens is 1. The molecule has 28 heavy (non-hydrogen) atoms. The summed E-state index contributed by atoms with van der Waals surface area (Å²) in [5.74, 6) is 0. The molecule has 0 amide bonds. The molecular formula is C27H19N. The van der Waals surface area contributed by atoms with Gasteiger partial charge in [-0.1, -0.05) is 78.9 Å². The van der Waals surface area contributed by atoms with Crippen LogP contribution < -0.4 is 0 Å². The van der Waals surface area contributed by atoms with Crippen molar-refractivity contribution in [1.29, 1.82) is 0 Å².